The number of methoxy groups -OCH3 is 1. The molecule has 0 aliphatic rings. The van der Waals surface area contributed by atoms with Gasteiger partial charge in [-0.1, -0.05) is 6.07 Å². The van der Waals surface area contributed by atoms with Crippen molar-refractivity contribution in [1.29, 1.82) is 0 Å². The average molecular weight is 223 g/mol. The summed E-state index contributed by atoms with van der Waals surface area (Å²) in [6.45, 7) is 1.44. The molecule has 1 aromatic rings. The number of carbonyl (C=O) groups excluding carboxylic acids is 2. The molecule has 1 atom stereocenters. The fraction of sp³-hybridized carbons (Fsp3) is 0.273. The molecule has 16 heavy (non-hydrogen) atoms. The summed E-state index contributed by atoms with van der Waals surface area (Å²) in [6, 6.07) is 6.32. The molecule has 1 aromatic carbocycles. The molecule has 0 spiro atoms. The summed E-state index contributed by atoms with van der Waals surface area (Å²) in [5.74, 6) is -1.21. The summed E-state index contributed by atoms with van der Waals surface area (Å²) in [6.07, 6.45) is -0.932. The Morgan fingerprint density at radius 2 is 2.06 bits per heavy atom. The largest absolute Gasteiger partial charge is 0.466 e. The van der Waals surface area contributed by atoms with Crippen LogP contribution in [0.25, 0.3) is 0 Å². The predicted molar refractivity (Wildman–Crippen MR) is 57.7 cm³/mol. The lowest BCUT2D eigenvalue weighted by atomic mass is 10.2. The van der Waals surface area contributed by atoms with E-state index in [-0.39, 0.29) is 0 Å². The lowest BCUT2D eigenvalue weighted by Gasteiger charge is -2.10. The SMILES string of the molecule is COC(=O)C(C)OC(=O)c1cccc(N)c1. The molecule has 0 aliphatic carbocycles. The standard InChI is InChI=1S/C11H13NO4/c1-7(10(13)15-2)16-11(14)8-4-3-5-9(12)6-8/h3-7H,12H2,1-2H3. The number of benzene rings is 1. The van der Waals surface area contributed by atoms with Crippen molar-refractivity contribution in [2.24, 2.45) is 0 Å². The molecule has 5 nitrogen and oxygen atoms in total. The van der Waals surface area contributed by atoms with Crippen LogP contribution in [0.1, 0.15) is 17.3 Å². The van der Waals surface area contributed by atoms with E-state index in [9.17, 15) is 9.59 Å². The molecule has 0 heterocycles. The first-order valence-electron chi connectivity index (χ1n) is 4.69. The number of rotatable bonds is 3. The summed E-state index contributed by atoms with van der Waals surface area (Å²) in [4.78, 5) is 22.6. The highest BCUT2D eigenvalue weighted by atomic mass is 16.6. The van der Waals surface area contributed by atoms with Crippen molar-refractivity contribution >= 4 is 17.6 Å². The Labute approximate surface area is 93.1 Å². The Hall–Kier alpha value is -2.04. The van der Waals surface area contributed by atoms with E-state index in [0.717, 1.165) is 0 Å². The Morgan fingerprint density at radius 3 is 2.62 bits per heavy atom. The molecule has 1 rings (SSSR count). The molecule has 0 aromatic heterocycles. The highest BCUT2D eigenvalue weighted by molar-refractivity contribution is 5.92. The molecule has 0 fully saturated rings. The van der Waals surface area contributed by atoms with E-state index in [4.69, 9.17) is 10.5 Å². The van der Waals surface area contributed by atoms with Crippen molar-refractivity contribution in [3.05, 3.63) is 29.8 Å². The van der Waals surface area contributed by atoms with Crippen LogP contribution in [0.5, 0.6) is 0 Å². The summed E-state index contributed by atoms with van der Waals surface area (Å²) in [5.41, 5.74) is 6.27. The van der Waals surface area contributed by atoms with E-state index in [1.807, 2.05) is 0 Å². The highest BCUT2D eigenvalue weighted by Gasteiger charge is 2.19. The molecule has 0 radical (unpaired) electrons. The third-order valence-corrected chi connectivity index (χ3v) is 1.94. The number of nitrogen functional groups attached to an aromatic ring is 1. The zero-order valence-electron chi connectivity index (χ0n) is 9.10. The fourth-order valence-corrected chi connectivity index (χ4v) is 1.11. The summed E-state index contributed by atoms with van der Waals surface area (Å²) < 4.78 is 9.31. The topological polar surface area (TPSA) is 78.6 Å². The normalized spacial score (nSPS) is 11.6. The second-order valence-electron chi connectivity index (χ2n) is 3.20. The van der Waals surface area contributed by atoms with Gasteiger partial charge in [0.05, 0.1) is 12.7 Å². The van der Waals surface area contributed by atoms with Crippen molar-refractivity contribution in [3.63, 3.8) is 0 Å². The number of anilines is 1. The van der Waals surface area contributed by atoms with Crippen LogP contribution in [-0.2, 0) is 14.3 Å². The van der Waals surface area contributed by atoms with Gasteiger partial charge in [0.15, 0.2) is 6.10 Å². The van der Waals surface area contributed by atoms with Crippen molar-refractivity contribution in [1.82, 2.24) is 0 Å². The Bertz CT molecular complexity index is 403. The predicted octanol–water partition coefficient (Wildman–Crippen LogP) is 0.987. The van der Waals surface area contributed by atoms with Crippen molar-refractivity contribution in [3.8, 4) is 0 Å². The maximum Gasteiger partial charge on any atom is 0.346 e. The van der Waals surface area contributed by atoms with Crippen LogP contribution in [0.4, 0.5) is 5.69 Å². The molecule has 0 aliphatic heterocycles. The molecule has 2 N–H and O–H groups in total. The number of esters is 2. The Balaban J connectivity index is 2.69. The Kier molecular flexibility index (Phi) is 3.88. The van der Waals surface area contributed by atoms with Gasteiger partial charge in [0, 0.05) is 5.69 Å². The first kappa shape index (κ1) is 12.0. The van der Waals surface area contributed by atoms with Gasteiger partial charge in [-0.25, -0.2) is 9.59 Å². The molecule has 0 saturated carbocycles. The van der Waals surface area contributed by atoms with Crippen LogP contribution >= 0.6 is 0 Å². The van der Waals surface area contributed by atoms with Gasteiger partial charge in [-0.3, -0.25) is 0 Å². The lowest BCUT2D eigenvalue weighted by molar-refractivity contribution is -0.149. The van der Waals surface area contributed by atoms with Crippen LogP contribution in [0.3, 0.4) is 0 Å². The van der Waals surface area contributed by atoms with E-state index in [0.29, 0.717) is 11.3 Å². The van der Waals surface area contributed by atoms with E-state index in [2.05, 4.69) is 4.74 Å². The summed E-state index contributed by atoms with van der Waals surface area (Å²) in [5, 5.41) is 0. The summed E-state index contributed by atoms with van der Waals surface area (Å²) >= 11 is 0. The lowest BCUT2D eigenvalue weighted by Crippen LogP contribution is -2.25. The molecular formula is C11H13NO4. The molecule has 86 valence electrons. The van der Waals surface area contributed by atoms with Gasteiger partial charge < -0.3 is 15.2 Å². The third kappa shape index (κ3) is 2.98. The van der Waals surface area contributed by atoms with E-state index < -0.39 is 18.0 Å². The molecule has 1 unspecified atom stereocenters. The third-order valence-electron chi connectivity index (χ3n) is 1.94. The van der Waals surface area contributed by atoms with E-state index in [1.54, 1.807) is 18.2 Å². The van der Waals surface area contributed by atoms with Gasteiger partial charge in [0.25, 0.3) is 0 Å². The van der Waals surface area contributed by atoms with Crippen LogP contribution < -0.4 is 5.73 Å². The smallest absolute Gasteiger partial charge is 0.346 e. The van der Waals surface area contributed by atoms with Gasteiger partial charge in [-0.2, -0.15) is 0 Å². The van der Waals surface area contributed by atoms with Crippen molar-refractivity contribution in [2.45, 2.75) is 13.0 Å². The van der Waals surface area contributed by atoms with Crippen LogP contribution in [0.2, 0.25) is 0 Å². The van der Waals surface area contributed by atoms with Crippen molar-refractivity contribution < 1.29 is 19.1 Å². The van der Waals surface area contributed by atoms with Crippen LogP contribution in [-0.4, -0.2) is 25.2 Å². The number of hydrogen-bond acceptors (Lipinski definition) is 5. The minimum atomic E-state index is -0.932. The molecule has 0 bridgehead atoms. The zero-order valence-corrected chi connectivity index (χ0v) is 9.10. The first-order valence-corrected chi connectivity index (χ1v) is 4.69. The number of carbonyl (C=O) groups is 2. The number of ether oxygens (including phenoxy) is 2. The molecule has 0 amide bonds. The van der Waals surface area contributed by atoms with Crippen molar-refractivity contribution in [2.75, 3.05) is 12.8 Å². The van der Waals surface area contributed by atoms with Gasteiger partial charge in [-0.05, 0) is 25.1 Å². The molecule has 0 saturated heterocycles. The van der Waals surface area contributed by atoms with Gasteiger partial charge in [-0.15, -0.1) is 0 Å². The average Bonchev–Trinajstić information content (AvgIpc) is 2.27. The zero-order chi connectivity index (χ0) is 12.1. The minimum Gasteiger partial charge on any atom is -0.466 e. The van der Waals surface area contributed by atoms with Gasteiger partial charge >= 0.3 is 11.9 Å². The summed E-state index contributed by atoms with van der Waals surface area (Å²) in [7, 11) is 1.23. The Morgan fingerprint density at radius 1 is 1.38 bits per heavy atom. The quantitative estimate of drug-likeness (QED) is 0.610. The minimum absolute atomic E-state index is 0.302. The maximum atomic E-state index is 11.5. The van der Waals surface area contributed by atoms with E-state index >= 15 is 0 Å². The second kappa shape index (κ2) is 5.16. The van der Waals surface area contributed by atoms with Gasteiger partial charge in [0.1, 0.15) is 0 Å². The number of hydrogen-bond donors (Lipinski definition) is 1. The van der Waals surface area contributed by atoms with Crippen LogP contribution in [0, 0.1) is 0 Å². The van der Waals surface area contributed by atoms with Gasteiger partial charge in [0.2, 0.25) is 0 Å². The molecule has 5 heteroatoms. The highest BCUT2D eigenvalue weighted by Crippen LogP contribution is 2.09. The number of nitrogens with two attached hydrogens (primary N) is 1. The second-order valence-corrected chi connectivity index (χ2v) is 3.20. The van der Waals surface area contributed by atoms with Crippen LogP contribution in [0.15, 0.2) is 24.3 Å². The van der Waals surface area contributed by atoms with E-state index in [1.165, 1.54) is 20.1 Å². The first-order chi connectivity index (χ1) is 7.54. The fourth-order valence-electron chi connectivity index (χ4n) is 1.11. The monoisotopic (exact) mass is 223 g/mol. The maximum absolute atomic E-state index is 11.5. The molecular weight excluding hydrogens is 210 g/mol.